The number of ether oxygens (including phenoxy) is 3. The molecule has 0 bridgehead atoms. The van der Waals surface area contributed by atoms with E-state index >= 15 is 0 Å². The van der Waals surface area contributed by atoms with Crippen molar-refractivity contribution < 1.29 is 28.9 Å². The molecule has 1 saturated heterocycles. The molecule has 1 fully saturated rings. The van der Waals surface area contributed by atoms with Gasteiger partial charge in [0, 0.05) is 25.4 Å². The summed E-state index contributed by atoms with van der Waals surface area (Å²) in [5.41, 5.74) is 4.20. The molecule has 14 heteroatoms. The zero-order valence-electron chi connectivity index (χ0n) is 28.5. The Morgan fingerprint density at radius 1 is 0.863 bits per heavy atom. The van der Waals surface area contributed by atoms with Gasteiger partial charge >= 0.3 is 0 Å². The number of anilines is 2. The van der Waals surface area contributed by atoms with Gasteiger partial charge in [0.05, 0.1) is 20.5 Å². The van der Waals surface area contributed by atoms with Crippen LogP contribution in [0.3, 0.4) is 0 Å². The van der Waals surface area contributed by atoms with Gasteiger partial charge in [-0.25, -0.2) is 4.98 Å². The molecule has 4 heterocycles. The Bertz CT molecular complexity index is 2020. The molecule has 264 valence electrons. The van der Waals surface area contributed by atoms with Crippen molar-refractivity contribution in [2.24, 2.45) is 0 Å². The number of nitrogens with one attached hydrogen (secondary N) is 2. The Hall–Kier alpha value is -5.57. The first-order valence-corrected chi connectivity index (χ1v) is 16.8. The molecule has 0 spiro atoms. The van der Waals surface area contributed by atoms with Gasteiger partial charge in [-0.05, 0) is 35.2 Å². The third-order valence-electron chi connectivity index (χ3n) is 9.00. The molecule has 0 amide bonds. The maximum atomic E-state index is 11.2. The molecule has 0 radical (unpaired) electrons. The van der Waals surface area contributed by atoms with Crippen LogP contribution in [0, 0.1) is 0 Å². The summed E-state index contributed by atoms with van der Waals surface area (Å²) < 4.78 is 24.0. The number of methoxy groups -OCH3 is 2. The molecule has 6 aromatic rings. The van der Waals surface area contributed by atoms with Gasteiger partial charge in [0.25, 0.3) is 5.89 Å². The van der Waals surface area contributed by atoms with E-state index in [4.69, 9.17) is 28.7 Å². The third-order valence-corrected chi connectivity index (χ3v) is 9.00. The van der Waals surface area contributed by atoms with Crippen LogP contribution < -0.4 is 20.1 Å². The molecular weight excluding hydrogens is 652 g/mol. The Morgan fingerprint density at radius 3 is 2.25 bits per heavy atom. The lowest BCUT2D eigenvalue weighted by Gasteiger charge is -2.20. The third kappa shape index (κ3) is 7.06. The fraction of sp³-hybridized carbons (Fsp3) is 0.324. The fourth-order valence-electron chi connectivity index (χ4n) is 6.28. The van der Waals surface area contributed by atoms with Gasteiger partial charge in [-0.3, -0.25) is 4.57 Å². The molecule has 51 heavy (non-hydrogen) atoms. The van der Waals surface area contributed by atoms with Crippen LogP contribution in [-0.4, -0.2) is 79.4 Å². The summed E-state index contributed by atoms with van der Waals surface area (Å²) in [6.07, 6.45) is -2.02. The number of fused-ring (bicyclic) bond motifs is 1. The fourth-order valence-corrected chi connectivity index (χ4v) is 6.28. The molecule has 1 aliphatic rings. The predicted molar refractivity (Wildman–Crippen MR) is 189 cm³/mol. The van der Waals surface area contributed by atoms with E-state index in [1.165, 1.54) is 6.33 Å². The van der Waals surface area contributed by atoms with Gasteiger partial charge in [-0.1, -0.05) is 78.8 Å². The van der Waals surface area contributed by atoms with Crippen LogP contribution in [0.25, 0.3) is 11.2 Å². The lowest BCUT2D eigenvalue weighted by Crippen LogP contribution is -2.29. The van der Waals surface area contributed by atoms with Crippen molar-refractivity contribution >= 4 is 22.9 Å². The van der Waals surface area contributed by atoms with Gasteiger partial charge in [0.2, 0.25) is 5.95 Å². The molecule has 0 aliphatic carbocycles. The van der Waals surface area contributed by atoms with E-state index < -0.39 is 24.5 Å². The molecule has 7 rings (SSSR count). The standard InChI is InChI=1S/C37H40N8O6/c1-4-28-41-35(51-44-28)32-30(46)31(47)36(50-32)45-21-40-29-33(39-20-25(23-11-7-5-8-12-23)24-13-9-6-10-14-24)42-37(43-34(29)45)38-18-17-22-15-16-26(48-2)27(19-22)49-3/h5-16,19,21,25,30-32,36,46-47H,4,17-18,20H2,1-3H3,(H2,38,39,42,43)/t30-,31+,32-,36+/m0/s1. The first-order chi connectivity index (χ1) is 25.0. The average Bonchev–Trinajstić information content (AvgIpc) is 3.90. The highest BCUT2D eigenvalue weighted by Crippen LogP contribution is 2.40. The van der Waals surface area contributed by atoms with Gasteiger partial charge in [0.15, 0.2) is 46.6 Å². The number of aliphatic hydroxyl groups is 2. The molecule has 1 aliphatic heterocycles. The minimum atomic E-state index is -1.34. The van der Waals surface area contributed by atoms with Gasteiger partial charge in [-0.2, -0.15) is 15.0 Å². The summed E-state index contributed by atoms with van der Waals surface area (Å²) in [5, 5.41) is 33.0. The van der Waals surface area contributed by atoms with Crippen molar-refractivity contribution in [3.8, 4) is 11.5 Å². The second-order valence-electron chi connectivity index (χ2n) is 12.2. The van der Waals surface area contributed by atoms with Crippen molar-refractivity contribution in [1.82, 2.24) is 29.7 Å². The van der Waals surface area contributed by atoms with Crippen LogP contribution >= 0.6 is 0 Å². The van der Waals surface area contributed by atoms with Crippen molar-refractivity contribution in [2.75, 3.05) is 37.9 Å². The van der Waals surface area contributed by atoms with Gasteiger partial charge in [0.1, 0.15) is 12.2 Å². The van der Waals surface area contributed by atoms with Crippen molar-refractivity contribution in [3.63, 3.8) is 0 Å². The maximum absolute atomic E-state index is 11.2. The topological polar surface area (TPSA) is 175 Å². The van der Waals surface area contributed by atoms with Crippen LogP contribution in [0.5, 0.6) is 11.5 Å². The zero-order valence-corrected chi connectivity index (χ0v) is 28.5. The maximum Gasteiger partial charge on any atom is 0.258 e. The van der Waals surface area contributed by atoms with Crippen LogP contribution in [-0.2, 0) is 17.6 Å². The summed E-state index contributed by atoms with van der Waals surface area (Å²) in [6.45, 7) is 2.91. The number of hydrogen-bond donors (Lipinski definition) is 4. The SMILES string of the molecule is CCc1noc([C@H]2O[C@@H](n3cnc4c(NCC(c5ccccc5)c5ccccc5)nc(NCCc5ccc(OC)c(OC)c5)nc43)[C@H](O)[C@@H]2O)n1. The van der Waals surface area contributed by atoms with Gasteiger partial charge in [-0.15, -0.1) is 0 Å². The molecule has 3 aromatic heterocycles. The summed E-state index contributed by atoms with van der Waals surface area (Å²) in [4.78, 5) is 18.7. The quantitative estimate of drug-likeness (QED) is 0.124. The van der Waals surface area contributed by atoms with Crippen molar-refractivity contribution in [3.05, 3.63) is 114 Å². The Balaban J connectivity index is 1.20. The van der Waals surface area contributed by atoms with E-state index in [1.54, 1.807) is 18.8 Å². The lowest BCUT2D eigenvalue weighted by molar-refractivity contribution is -0.0451. The Morgan fingerprint density at radius 2 is 1.59 bits per heavy atom. The molecule has 3 aromatic carbocycles. The minimum Gasteiger partial charge on any atom is -0.493 e. The van der Waals surface area contributed by atoms with Crippen molar-refractivity contribution in [2.45, 2.75) is 50.2 Å². The molecule has 4 N–H and O–H groups in total. The number of imidazole rings is 1. The van der Waals surface area contributed by atoms with E-state index in [0.29, 0.717) is 66.2 Å². The van der Waals surface area contributed by atoms with Crippen LogP contribution in [0.15, 0.2) is 89.7 Å². The van der Waals surface area contributed by atoms with E-state index in [0.717, 1.165) is 16.7 Å². The number of aromatic nitrogens is 6. The van der Waals surface area contributed by atoms with E-state index in [9.17, 15) is 10.2 Å². The smallest absolute Gasteiger partial charge is 0.258 e. The number of hydrogen-bond acceptors (Lipinski definition) is 13. The lowest BCUT2D eigenvalue weighted by atomic mass is 9.91. The molecule has 0 saturated carbocycles. The summed E-state index contributed by atoms with van der Waals surface area (Å²) in [7, 11) is 3.21. The largest absolute Gasteiger partial charge is 0.493 e. The highest BCUT2D eigenvalue weighted by molar-refractivity contribution is 5.84. The summed E-state index contributed by atoms with van der Waals surface area (Å²) >= 11 is 0. The van der Waals surface area contributed by atoms with Crippen LogP contribution in [0.1, 0.15) is 53.6 Å². The summed E-state index contributed by atoms with van der Waals surface area (Å²) in [6, 6.07) is 26.4. The molecule has 4 atom stereocenters. The zero-order chi connectivity index (χ0) is 35.3. The van der Waals surface area contributed by atoms with Crippen LogP contribution in [0.4, 0.5) is 11.8 Å². The molecule has 0 unspecified atom stereocenters. The monoisotopic (exact) mass is 692 g/mol. The Labute approximate surface area is 294 Å². The number of benzene rings is 3. The molecule has 14 nitrogen and oxygen atoms in total. The first kappa shape index (κ1) is 33.9. The van der Waals surface area contributed by atoms with Crippen molar-refractivity contribution in [1.29, 1.82) is 0 Å². The number of aryl methyl sites for hydroxylation is 1. The first-order valence-electron chi connectivity index (χ1n) is 16.8. The minimum absolute atomic E-state index is 0.0132. The normalized spacial score (nSPS) is 18.7. The van der Waals surface area contributed by atoms with E-state index in [1.807, 2.05) is 61.5 Å². The van der Waals surface area contributed by atoms with E-state index in [-0.39, 0.29) is 11.8 Å². The second kappa shape index (κ2) is 15.1. The highest BCUT2D eigenvalue weighted by Gasteiger charge is 2.47. The number of rotatable bonds is 14. The summed E-state index contributed by atoms with van der Waals surface area (Å²) in [5.74, 6) is 2.73. The highest BCUT2D eigenvalue weighted by atomic mass is 16.6. The average molecular weight is 693 g/mol. The second-order valence-corrected chi connectivity index (χ2v) is 12.2. The van der Waals surface area contributed by atoms with E-state index in [2.05, 4.69) is 50.0 Å². The number of aliphatic hydroxyl groups excluding tert-OH is 2. The number of nitrogens with zero attached hydrogens (tertiary/aromatic N) is 6. The predicted octanol–water partition coefficient (Wildman–Crippen LogP) is 4.68. The molecular formula is C37H40N8O6. The van der Waals surface area contributed by atoms with Crippen LogP contribution in [0.2, 0.25) is 0 Å². The van der Waals surface area contributed by atoms with Gasteiger partial charge < -0.3 is 39.6 Å². The Kier molecular flexibility index (Phi) is 10.1.